The topological polar surface area (TPSA) is 59.8 Å². The number of carbonyl (C=O) groups excluding carboxylic acids is 1. The number of benzene rings is 2. The second kappa shape index (κ2) is 8.68. The zero-order chi connectivity index (χ0) is 23.9. The molecule has 34 heavy (non-hydrogen) atoms. The molecule has 0 spiro atoms. The lowest BCUT2D eigenvalue weighted by molar-refractivity contribution is -0.137. The lowest BCUT2D eigenvalue weighted by Gasteiger charge is -2.34. The van der Waals surface area contributed by atoms with Crippen molar-refractivity contribution in [3.63, 3.8) is 0 Å². The monoisotopic (exact) mass is 472 g/mol. The van der Waals surface area contributed by atoms with Gasteiger partial charge in [0.15, 0.2) is 11.5 Å². The first kappa shape index (κ1) is 22.3. The van der Waals surface area contributed by atoms with E-state index >= 15 is 0 Å². The summed E-state index contributed by atoms with van der Waals surface area (Å²) in [5.41, 5.74) is 1.52. The standard InChI is InChI=1S/C24H23F3N4O3/c1-16-20(13-28-31(16)19-4-2-3-18(12-19)24(25,26)27)23(32)30-9-7-29(8-10-30)14-17-5-6-21-22(11-17)34-15-33-21/h2-6,11-13H,7-10,14-15H2,1H3. The van der Waals surface area contributed by atoms with Crippen LogP contribution < -0.4 is 9.47 Å². The summed E-state index contributed by atoms with van der Waals surface area (Å²) in [6.45, 7) is 5.20. The molecule has 0 aliphatic carbocycles. The van der Waals surface area contributed by atoms with Crippen LogP contribution in [0.25, 0.3) is 5.69 Å². The fourth-order valence-electron chi connectivity index (χ4n) is 4.27. The second-order valence-corrected chi connectivity index (χ2v) is 8.36. The molecule has 1 aromatic heterocycles. The van der Waals surface area contributed by atoms with Crippen LogP contribution in [0.3, 0.4) is 0 Å². The zero-order valence-electron chi connectivity index (χ0n) is 18.5. The molecule has 1 amide bonds. The van der Waals surface area contributed by atoms with E-state index < -0.39 is 11.7 Å². The van der Waals surface area contributed by atoms with Crippen molar-refractivity contribution in [2.24, 2.45) is 0 Å². The molecular weight excluding hydrogens is 449 g/mol. The molecule has 1 fully saturated rings. The maximum atomic E-state index is 13.1. The number of fused-ring (bicyclic) bond motifs is 1. The van der Waals surface area contributed by atoms with Gasteiger partial charge in [0, 0.05) is 32.7 Å². The number of amides is 1. The summed E-state index contributed by atoms with van der Waals surface area (Å²) in [7, 11) is 0. The summed E-state index contributed by atoms with van der Waals surface area (Å²) >= 11 is 0. The Morgan fingerprint density at radius 2 is 1.79 bits per heavy atom. The Bertz CT molecular complexity index is 1220. The van der Waals surface area contributed by atoms with Crippen molar-refractivity contribution in [2.75, 3.05) is 33.0 Å². The van der Waals surface area contributed by atoms with E-state index in [1.54, 1.807) is 17.9 Å². The van der Waals surface area contributed by atoms with Crippen LogP contribution in [-0.2, 0) is 12.7 Å². The molecule has 2 aliphatic heterocycles. The van der Waals surface area contributed by atoms with E-state index in [1.807, 2.05) is 18.2 Å². The highest BCUT2D eigenvalue weighted by Crippen LogP contribution is 2.33. The predicted octanol–water partition coefficient (Wildman–Crippen LogP) is 3.89. The fraction of sp³-hybridized carbons (Fsp3) is 0.333. The third-order valence-corrected chi connectivity index (χ3v) is 6.16. The van der Waals surface area contributed by atoms with E-state index in [0.717, 1.165) is 35.7 Å². The highest BCUT2D eigenvalue weighted by molar-refractivity contribution is 5.95. The maximum absolute atomic E-state index is 13.1. The number of carbonyl (C=O) groups is 1. The molecule has 7 nitrogen and oxygen atoms in total. The Hall–Kier alpha value is -3.53. The Morgan fingerprint density at radius 3 is 2.56 bits per heavy atom. The van der Waals surface area contributed by atoms with Gasteiger partial charge in [-0.3, -0.25) is 9.69 Å². The smallest absolute Gasteiger partial charge is 0.416 e. The minimum absolute atomic E-state index is 0.168. The molecular formula is C24H23F3N4O3. The summed E-state index contributed by atoms with van der Waals surface area (Å²) in [5, 5.41) is 4.19. The van der Waals surface area contributed by atoms with Gasteiger partial charge < -0.3 is 14.4 Å². The van der Waals surface area contributed by atoms with Crippen LogP contribution in [0.15, 0.2) is 48.7 Å². The Labute approximate surface area is 194 Å². The van der Waals surface area contributed by atoms with Crippen LogP contribution in [0.2, 0.25) is 0 Å². The van der Waals surface area contributed by atoms with Gasteiger partial charge in [0.05, 0.1) is 28.7 Å². The minimum atomic E-state index is -4.45. The molecule has 5 rings (SSSR count). The van der Waals surface area contributed by atoms with E-state index in [1.165, 1.54) is 16.9 Å². The van der Waals surface area contributed by atoms with Gasteiger partial charge in [-0.25, -0.2) is 4.68 Å². The summed E-state index contributed by atoms with van der Waals surface area (Å²) in [5.74, 6) is 1.33. The molecule has 0 saturated carbocycles. The Morgan fingerprint density at radius 1 is 1.03 bits per heavy atom. The van der Waals surface area contributed by atoms with Crippen molar-refractivity contribution in [1.29, 1.82) is 0 Å². The number of rotatable bonds is 4. The average molecular weight is 472 g/mol. The van der Waals surface area contributed by atoms with E-state index in [9.17, 15) is 18.0 Å². The molecule has 0 radical (unpaired) electrons. The summed E-state index contributed by atoms with van der Waals surface area (Å²) < 4.78 is 51.4. The van der Waals surface area contributed by atoms with E-state index in [2.05, 4.69) is 10.00 Å². The van der Waals surface area contributed by atoms with Gasteiger partial charge in [-0.05, 0) is 42.8 Å². The largest absolute Gasteiger partial charge is 0.454 e. The number of halogens is 3. The van der Waals surface area contributed by atoms with Crippen molar-refractivity contribution in [3.8, 4) is 17.2 Å². The molecule has 0 atom stereocenters. The van der Waals surface area contributed by atoms with Crippen LogP contribution >= 0.6 is 0 Å². The molecule has 2 aliphatic rings. The lowest BCUT2D eigenvalue weighted by atomic mass is 10.1. The van der Waals surface area contributed by atoms with Crippen LogP contribution in [-0.4, -0.2) is 58.5 Å². The van der Waals surface area contributed by atoms with Gasteiger partial charge in [-0.15, -0.1) is 0 Å². The number of hydrogen-bond acceptors (Lipinski definition) is 5. The highest BCUT2D eigenvalue weighted by Gasteiger charge is 2.31. The first-order chi connectivity index (χ1) is 16.3. The predicted molar refractivity (Wildman–Crippen MR) is 117 cm³/mol. The van der Waals surface area contributed by atoms with E-state index in [0.29, 0.717) is 37.4 Å². The molecule has 178 valence electrons. The van der Waals surface area contributed by atoms with Gasteiger partial charge in [0.1, 0.15) is 0 Å². The van der Waals surface area contributed by atoms with Crippen LogP contribution in [0.5, 0.6) is 11.5 Å². The van der Waals surface area contributed by atoms with Crippen molar-refractivity contribution in [1.82, 2.24) is 19.6 Å². The number of alkyl halides is 3. The van der Waals surface area contributed by atoms with Crippen LogP contribution in [0, 0.1) is 6.92 Å². The number of nitrogens with zero attached hydrogens (tertiary/aromatic N) is 4. The van der Waals surface area contributed by atoms with Gasteiger partial charge >= 0.3 is 6.18 Å². The second-order valence-electron chi connectivity index (χ2n) is 8.36. The number of aromatic nitrogens is 2. The number of piperazine rings is 1. The van der Waals surface area contributed by atoms with Crippen molar-refractivity contribution in [3.05, 3.63) is 71.0 Å². The minimum Gasteiger partial charge on any atom is -0.454 e. The van der Waals surface area contributed by atoms with Crippen LogP contribution in [0.4, 0.5) is 13.2 Å². The summed E-state index contributed by atoms with van der Waals surface area (Å²) in [4.78, 5) is 17.2. The number of ether oxygens (including phenoxy) is 2. The molecule has 2 aromatic carbocycles. The maximum Gasteiger partial charge on any atom is 0.416 e. The molecule has 0 unspecified atom stereocenters. The quantitative estimate of drug-likeness (QED) is 0.577. The van der Waals surface area contributed by atoms with Gasteiger partial charge in [-0.1, -0.05) is 12.1 Å². The highest BCUT2D eigenvalue weighted by atomic mass is 19.4. The van der Waals surface area contributed by atoms with Gasteiger partial charge in [-0.2, -0.15) is 18.3 Å². The zero-order valence-corrected chi connectivity index (χ0v) is 18.5. The van der Waals surface area contributed by atoms with Gasteiger partial charge in [0.2, 0.25) is 6.79 Å². The number of hydrogen-bond donors (Lipinski definition) is 0. The molecule has 1 saturated heterocycles. The van der Waals surface area contributed by atoms with E-state index in [4.69, 9.17) is 9.47 Å². The summed E-state index contributed by atoms with van der Waals surface area (Å²) in [6.07, 6.45) is -3.02. The van der Waals surface area contributed by atoms with Gasteiger partial charge in [0.25, 0.3) is 5.91 Å². The van der Waals surface area contributed by atoms with Crippen LogP contribution in [0.1, 0.15) is 27.2 Å². The Kier molecular flexibility index (Phi) is 5.68. The van der Waals surface area contributed by atoms with Crippen molar-refractivity contribution >= 4 is 5.91 Å². The third-order valence-electron chi connectivity index (χ3n) is 6.16. The average Bonchev–Trinajstić information content (AvgIpc) is 3.45. The molecule has 0 N–H and O–H groups in total. The lowest BCUT2D eigenvalue weighted by Crippen LogP contribution is -2.48. The first-order valence-corrected chi connectivity index (χ1v) is 10.9. The van der Waals surface area contributed by atoms with Crippen molar-refractivity contribution in [2.45, 2.75) is 19.6 Å². The van der Waals surface area contributed by atoms with E-state index in [-0.39, 0.29) is 18.4 Å². The molecule has 0 bridgehead atoms. The third kappa shape index (κ3) is 4.33. The van der Waals surface area contributed by atoms with Crippen molar-refractivity contribution < 1.29 is 27.4 Å². The SMILES string of the molecule is Cc1c(C(=O)N2CCN(Cc3ccc4c(c3)OCO4)CC2)cnn1-c1cccc(C(F)(F)F)c1. The fourth-order valence-corrected chi connectivity index (χ4v) is 4.27. The Balaban J connectivity index is 1.24. The first-order valence-electron chi connectivity index (χ1n) is 10.9. The molecule has 3 heterocycles. The molecule has 10 heteroatoms. The normalized spacial score (nSPS) is 16.2. The summed E-state index contributed by atoms with van der Waals surface area (Å²) in [6, 6.07) is 10.8. The molecule has 3 aromatic rings.